The molecular formula is C18H30N2O. The van der Waals surface area contributed by atoms with Crippen LogP contribution in [0.25, 0.3) is 0 Å². The summed E-state index contributed by atoms with van der Waals surface area (Å²) in [5.41, 5.74) is 1.24. The summed E-state index contributed by atoms with van der Waals surface area (Å²) in [4.78, 5) is 2.57. The second-order valence-electron chi connectivity index (χ2n) is 6.03. The minimum absolute atomic E-state index is 0.789. The lowest BCUT2D eigenvalue weighted by atomic mass is 9.98. The number of nitrogens with zero attached hydrogens (tertiary/aromatic N) is 1. The summed E-state index contributed by atoms with van der Waals surface area (Å²) in [6, 6.07) is 8.32. The number of hydrogen-bond donors (Lipinski definition) is 1. The van der Waals surface area contributed by atoms with Crippen LogP contribution in [-0.2, 0) is 6.54 Å². The fraction of sp³-hybridized carbons (Fsp3) is 0.667. The predicted octanol–water partition coefficient (Wildman–Crippen LogP) is 3.30. The van der Waals surface area contributed by atoms with Gasteiger partial charge in [-0.2, -0.15) is 0 Å². The third kappa shape index (κ3) is 5.33. The number of ether oxygens (including phenoxy) is 1. The summed E-state index contributed by atoms with van der Waals surface area (Å²) in [6.45, 7) is 7.49. The molecule has 1 aromatic rings. The van der Waals surface area contributed by atoms with Crippen molar-refractivity contribution >= 4 is 0 Å². The minimum atomic E-state index is 0.789. The van der Waals surface area contributed by atoms with E-state index in [1.165, 1.54) is 44.3 Å². The van der Waals surface area contributed by atoms with E-state index in [0.717, 1.165) is 31.4 Å². The lowest BCUT2D eigenvalue weighted by Gasteiger charge is -2.20. The highest BCUT2D eigenvalue weighted by Gasteiger charge is 2.15. The summed E-state index contributed by atoms with van der Waals surface area (Å²) in [5.74, 6) is 1.96. The van der Waals surface area contributed by atoms with E-state index in [1.807, 2.05) is 13.1 Å². The number of para-hydroxylation sites is 1. The Balaban J connectivity index is 1.76. The van der Waals surface area contributed by atoms with Gasteiger partial charge in [0, 0.05) is 18.7 Å². The van der Waals surface area contributed by atoms with Gasteiger partial charge in [0.15, 0.2) is 0 Å². The molecule has 1 heterocycles. The van der Waals surface area contributed by atoms with Crippen molar-refractivity contribution < 1.29 is 4.74 Å². The Morgan fingerprint density at radius 2 is 2.10 bits per heavy atom. The number of benzene rings is 1. The second-order valence-corrected chi connectivity index (χ2v) is 6.03. The zero-order chi connectivity index (χ0) is 14.9. The Morgan fingerprint density at radius 3 is 2.90 bits per heavy atom. The van der Waals surface area contributed by atoms with E-state index in [1.54, 1.807) is 0 Å². The normalized spacial score (nSPS) is 20.2. The van der Waals surface area contributed by atoms with Crippen molar-refractivity contribution in [3.05, 3.63) is 29.8 Å². The number of likely N-dealkylation sites (tertiary alicyclic amines) is 1. The van der Waals surface area contributed by atoms with Gasteiger partial charge < -0.3 is 10.1 Å². The molecule has 3 nitrogen and oxygen atoms in total. The van der Waals surface area contributed by atoms with Gasteiger partial charge in [0.05, 0.1) is 0 Å². The average molecular weight is 290 g/mol. The molecule has 118 valence electrons. The van der Waals surface area contributed by atoms with Crippen LogP contribution >= 0.6 is 0 Å². The van der Waals surface area contributed by atoms with Crippen LogP contribution in [0.15, 0.2) is 24.3 Å². The number of hydrogen-bond acceptors (Lipinski definition) is 3. The van der Waals surface area contributed by atoms with E-state index in [9.17, 15) is 0 Å². The van der Waals surface area contributed by atoms with E-state index >= 15 is 0 Å². The summed E-state index contributed by atoms with van der Waals surface area (Å²) in [7, 11) is 1.97. The highest BCUT2D eigenvalue weighted by Crippen LogP contribution is 2.20. The molecular weight excluding hydrogens is 260 g/mol. The lowest BCUT2D eigenvalue weighted by Crippen LogP contribution is -2.29. The molecule has 1 aliphatic rings. The molecule has 0 radical (unpaired) electrons. The SMILES string of the molecule is CCC1CCCN(CCOc2ccccc2CNC)CC1. The van der Waals surface area contributed by atoms with Gasteiger partial charge in [-0.05, 0) is 51.4 Å². The molecule has 0 aliphatic carbocycles. The summed E-state index contributed by atoms with van der Waals surface area (Å²) in [6.07, 6.45) is 5.43. The minimum Gasteiger partial charge on any atom is -0.492 e. The highest BCUT2D eigenvalue weighted by atomic mass is 16.5. The fourth-order valence-electron chi connectivity index (χ4n) is 3.12. The van der Waals surface area contributed by atoms with Crippen LogP contribution in [0.5, 0.6) is 5.75 Å². The maximum absolute atomic E-state index is 6.00. The Morgan fingerprint density at radius 1 is 1.24 bits per heavy atom. The van der Waals surface area contributed by atoms with Gasteiger partial charge in [-0.3, -0.25) is 4.90 Å². The van der Waals surface area contributed by atoms with Crippen molar-refractivity contribution in [3.63, 3.8) is 0 Å². The molecule has 1 saturated heterocycles. The first-order valence-electron chi connectivity index (χ1n) is 8.41. The van der Waals surface area contributed by atoms with Gasteiger partial charge in [-0.25, -0.2) is 0 Å². The molecule has 1 aromatic carbocycles. The maximum Gasteiger partial charge on any atom is 0.123 e. The third-order valence-electron chi connectivity index (χ3n) is 4.52. The molecule has 0 saturated carbocycles. The Bertz CT molecular complexity index is 408. The van der Waals surface area contributed by atoms with E-state index < -0.39 is 0 Å². The first-order chi connectivity index (χ1) is 10.3. The summed E-state index contributed by atoms with van der Waals surface area (Å²) >= 11 is 0. The van der Waals surface area contributed by atoms with Crippen LogP contribution in [0.4, 0.5) is 0 Å². The smallest absolute Gasteiger partial charge is 0.123 e. The van der Waals surface area contributed by atoms with Crippen molar-refractivity contribution in [2.75, 3.05) is 33.3 Å². The standard InChI is InChI=1S/C18H30N2O/c1-3-16-7-6-11-20(12-10-16)13-14-21-18-9-5-4-8-17(18)15-19-2/h4-5,8-9,16,19H,3,6-7,10-15H2,1-2H3. The lowest BCUT2D eigenvalue weighted by molar-refractivity contribution is 0.211. The monoisotopic (exact) mass is 290 g/mol. The van der Waals surface area contributed by atoms with E-state index in [2.05, 4.69) is 35.3 Å². The second kappa shape index (κ2) is 9.06. The zero-order valence-corrected chi connectivity index (χ0v) is 13.6. The van der Waals surface area contributed by atoms with Crippen molar-refractivity contribution in [2.45, 2.75) is 39.2 Å². The van der Waals surface area contributed by atoms with E-state index in [-0.39, 0.29) is 0 Å². The topological polar surface area (TPSA) is 24.5 Å². The van der Waals surface area contributed by atoms with Crippen LogP contribution in [0, 0.1) is 5.92 Å². The van der Waals surface area contributed by atoms with Crippen molar-refractivity contribution in [1.82, 2.24) is 10.2 Å². The third-order valence-corrected chi connectivity index (χ3v) is 4.52. The molecule has 3 heteroatoms. The van der Waals surface area contributed by atoms with Crippen LogP contribution in [-0.4, -0.2) is 38.2 Å². The number of rotatable bonds is 7. The Kier molecular flexibility index (Phi) is 7.04. The van der Waals surface area contributed by atoms with Gasteiger partial charge >= 0.3 is 0 Å². The average Bonchev–Trinajstić information content (AvgIpc) is 2.74. The van der Waals surface area contributed by atoms with Crippen molar-refractivity contribution in [3.8, 4) is 5.75 Å². The molecule has 0 spiro atoms. The van der Waals surface area contributed by atoms with Gasteiger partial charge in [0.25, 0.3) is 0 Å². The molecule has 2 rings (SSSR count). The summed E-state index contributed by atoms with van der Waals surface area (Å²) in [5, 5.41) is 3.19. The molecule has 1 aliphatic heterocycles. The van der Waals surface area contributed by atoms with Crippen LogP contribution < -0.4 is 10.1 Å². The largest absolute Gasteiger partial charge is 0.492 e. The first kappa shape index (κ1) is 16.3. The Hall–Kier alpha value is -1.06. The van der Waals surface area contributed by atoms with E-state index in [0.29, 0.717) is 0 Å². The molecule has 1 atom stereocenters. The van der Waals surface area contributed by atoms with Crippen LogP contribution in [0.3, 0.4) is 0 Å². The molecule has 1 unspecified atom stereocenters. The van der Waals surface area contributed by atoms with Crippen LogP contribution in [0.2, 0.25) is 0 Å². The molecule has 0 aromatic heterocycles. The van der Waals surface area contributed by atoms with Gasteiger partial charge in [-0.1, -0.05) is 31.5 Å². The Labute approximate surface area is 129 Å². The first-order valence-corrected chi connectivity index (χ1v) is 8.41. The highest BCUT2D eigenvalue weighted by molar-refractivity contribution is 5.33. The van der Waals surface area contributed by atoms with Crippen LogP contribution in [0.1, 0.15) is 38.2 Å². The predicted molar refractivity (Wildman–Crippen MR) is 88.8 cm³/mol. The zero-order valence-electron chi connectivity index (χ0n) is 13.6. The quantitative estimate of drug-likeness (QED) is 0.834. The van der Waals surface area contributed by atoms with Gasteiger partial charge in [0.1, 0.15) is 12.4 Å². The summed E-state index contributed by atoms with van der Waals surface area (Å²) < 4.78 is 6.00. The van der Waals surface area contributed by atoms with Gasteiger partial charge in [-0.15, -0.1) is 0 Å². The van der Waals surface area contributed by atoms with Crippen molar-refractivity contribution in [2.24, 2.45) is 5.92 Å². The molecule has 1 N–H and O–H groups in total. The molecule has 1 fully saturated rings. The molecule has 21 heavy (non-hydrogen) atoms. The fourth-order valence-corrected chi connectivity index (χ4v) is 3.12. The van der Waals surface area contributed by atoms with E-state index in [4.69, 9.17) is 4.74 Å². The van der Waals surface area contributed by atoms with Gasteiger partial charge in [0.2, 0.25) is 0 Å². The maximum atomic E-state index is 6.00. The number of nitrogens with one attached hydrogen (secondary N) is 1. The molecule has 0 bridgehead atoms. The van der Waals surface area contributed by atoms with Crippen molar-refractivity contribution in [1.29, 1.82) is 0 Å². The molecule has 0 amide bonds.